The molecule has 9 nitrogen and oxygen atoms in total. The Hall–Kier alpha value is -3.88. The van der Waals surface area contributed by atoms with Crippen molar-refractivity contribution in [3.05, 3.63) is 59.7 Å². The van der Waals surface area contributed by atoms with Crippen molar-refractivity contribution in [2.45, 2.75) is 49.2 Å². The lowest BCUT2D eigenvalue weighted by Gasteiger charge is -2.46. The molecule has 0 unspecified atom stereocenters. The first-order valence-electron chi connectivity index (χ1n) is 12.3. The molecule has 3 fully saturated rings. The van der Waals surface area contributed by atoms with Gasteiger partial charge < -0.3 is 25.0 Å². The highest BCUT2D eigenvalue weighted by molar-refractivity contribution is 6.02. The summed E-state index contributed by atoms with van der Waals surface area (Å²) < 4.78 is 5.63. The van der Waals surface area contributed by atoms with Gasteiger partial charge in [0.1, 0.15) is 18.2 Å². The van der Waals surface area contributed by atoms with Crippen LogP contribution in [0.4, 0.5) is 4.79 Å². The number of rotatable bonds is 5. The lowest BCUT2D eigenvalue weighted by atomic mass is 9.87. The van der Waals surface area contributed by atoms with Crippen LogP contribution < -0.4 is 5.32 Å². The predicted octanol–water partition coefficient (Wildman–Crippen LogP) is 2.34. The molecule has 6 rings (SSSR count). The number of aliphatic carboxylic acids is 1. The van der Waals surface area contributed by atoms with E-state index in [1.54, 1.807) is 0 Å². The van der Waals surface area contributed by atoms with Crippen LogP contribution in [-0.4, -0.2) is 76.1 Å². The van der Waals surface area contributed by atoms with Crippen molar-refractivity contribution >= 4 is 23.9 Å². The molecule has 0 bridgehead atoms. The molecule has 3 atom stereocenters. The third-order valence-corrected chi connectivity index (χ3v) is 8.11. The van der Waals surface area contributed by atoms with E-state index in [4.69, 9.17) is 4.74 Å². The monoisotopic (exact) mass is 489 g/mol. The van der Waals surface area contributed by atoms with Gasteiger partial charge in [0.2, 0.25) is 11.8 Å². The number of carboxylic acids is 1. The molecule has 3 heterocycles. The molecule has 2 N–H and O–H groups in total. The number of amides is 3. The van der Waals surface area contributed by atoms with E-state index in [2.05, 4.69) is 17.4 Å². The zero-order chi connectivity index (χ0) is 25.0. The van der Waals surface area contributed by atoms with Gasteiger partial charge in [-0.3, -0.25) is 14.4 Å². The zero-order valence-electron chi connectivity index (χ0n) is 19.7. The smallest absolute Gasteiger partial charge is 0.407 e. The summed E-state index contributed by atoms with van der Waals surface area (Å²) in [5.74, 6) is -1.73. The molecule has 3 amide bonds. The van der Waals surface area contributed by atoms with Gasteiger partial charge in [0.25, 0.3) is 0 Å². The highest BCUT2D eigenvalue weighted by Crippen LogP contribution is 2.45. The van der Waals surface area contributed by atoms with Crippen LogP contribution in [0.1, 0.15) is 42.7 Å². The van der Waals surface area contributed by atoms with Crippen molar-refractivity contribution in [1.29, 1.82) is 0 Å². The summed E-state index contributed by atoms with van der Waals surface area (Å²) in [6.45, 7) is 0.717. The normalized spacial score (nSPS) is 26.3. The van der Waals surface area contributed by atoms with Crippen molar-refractivity contribution in [2.24, 2.45) is 0 Å². The van der Waals surface area contributed by atoms with Crippen LogP contribution >= 0.6 is 0 Å². The molecule has 3 aliphatic heterocycles. The fraction of sp³-hybridized carbons (Fsp3) is 0.407. The molecule has 1 aliphatic carbocycles. The molecule has 0 aromatic heterocycles. The second-order valence-electron chi connectivity index (χ2n) is 10.1. The Morgan fingerprint density at radius 3 is 2.39 bits per heavy atom. The van der Waals surface area contributed by atoms with E-state index < -0.39 is 36.1 Å². The largest absolute Gasteiger partial charge is 0.481 e. The average Bonchev–Trinajstić information content (AvgIpc) is 3.56. The molecule has 36 heavy (non-hydrogen) atoms. The Morgan fingerprint density at radius 2 is 1.72 bits per heavy atom. The number of carbonyl (C=O) groups is 4. The van der Waals surface area contributed by atoms with E-state index in [9.17, 15) is 24.3 Å². The summed E-state index contributed by atoms with van der Waals surface area (Å²) in [5, 5.41) is 12.2. The number of hydrogen-bond acceptors (Lipinski definition) is 5. The summed E-state index contributed by atoms with van der Waals surface area (Å²) in [4.78, 5) is 53.7. The topological polar surface area (TPSA) is 116 Å². The lowest BCUT2D eigenvalue weighted by molar-refractivity contribution is -0.168. The van der Waals surface area contributed by atoms with Gasteiger partial charge in [0.15, 0.2) is 0 Å². The third kappa shape index (κ3) is 3.37. The molecule has 4 aliphatic rings. The predicted molar refractivity (Wildman–Crippen MR) is 128 cm³/mol. The highest BCUT2D eigenvalue weighted by Gasteiger charge is 2.61. The number of fused-ring (bicyclic) bond motifs is 5. The molecule has 2 aromatic rings. The number of hydrogen-bond donors (Lipinski definition) is 2. The molecule has 0 saturated carbocycles. The standard InChI is InChI=1S/C27H27N3O6/c31-23(32)13-27-10-5-11-30(27)24(33)22-12-16(14-29(22)25(27)34)28-26(35)36-15-21-19-8-3-1-6-17(19)18-7-2-4-9-20(18)21/h1-4,6-9,16,21-22H,5,10-15H2,(H,28,35)(H,31,32)/t16-,22+,27+/m1/s1. The van der Waals surface area contributed by atoms with Gasteiger partial charge in [-0.05, 0) is 41.5 Å². The van der Waals surface area contributed by atoms with Crippen LogP contribution in [0.3, 0.4) is 0 Å². The van der Waals surface area contributed by atoms with Crippen LogP contribution in [0.15, 0.2) is 48.5 Å². The second-order valence-corrected chi connectivity index (χ2v) is 10.1. The summed E-state index contributed by atoms with van der Waals surface area (Å²) in [7, 11) is 0. The molecular formula is C27H27N3O6. The Balaban J connectivity index is 1.13. The van der Waals surface area contributed by atoms with E-state index in [1.807, 2.05) is 36.4 Å². The number of carbonyl (C=O) groups excluding carboxylic acids is 3. The molecule has 186 valence electrons. The molecular weight excluding hydrogens is 462 g/mol. The van der Waals surface area contributed by atoms with Crippen LogP contribution in [0, 0.1) is 0 Å². The summed E-state index contributed by atoms with van der Waals surface area (Å²) in [6, 6.07) is 15.0. The van der Waals surface area contributed by atoms with Gasteiger partial charge in [-0.1, -0.05) is 48.5 Å². The average molecular weight is 490 g/mol. The maximum Gasteiger partial charge on any atom is 0.407 e. The van der Waals surface area contributed by atoms with Gasteiger partial charge in [0, 0.05) is 19.0 Å². The molecule has 0 radical (unpaired) electrons. The SMILES string of the molecule is O=C(O)C[C@]12CCCN1C(=O)[C@@H]1C[C@@H](NC(=O)OCC3c4ccccc4-c4ccccc43)CN1C2=O. The molecule has 3 saturated heterocycles. The van der Waals surface area contributed by atoms with Crippen molar-refractivity contribution in [3.8, 4) is 11.1 Å². The summed E-state index contributed by atoms with van der Waals surface area (Å²) >= 11 is 0. The van der Waals surface area contributed by atoms with Crippen molar-refractivity contribution < 1.29 is 29.0 Å². The number of nitrogens with zero attached hydrogens (tertiary/aromatic N) is 2. The van der Waals surface area contributed by atoms with Crippen LogP contribution in [0.5, 0.6) is 0 Å². The van der Waals surface area contributed by atoms with Crippen LogP contribution in [0.25, 0.3) is 11.1 Å². The Bertz CT molecular complexity index is 1230. The third-order valence-electron chi connectivity index (χ3n) is 8.11. The Kier molecular flexibility index (Phi) is 5.24. The Morgan fingerprint density at radius 1 is 1.06 bits per heavy atom. The minimum absolute atomic E-state index is 0.0655. The van der Waals surface area contributed by atoms with Gasteiger partial charge >= 0.3 is 12.1 Å². The number of benzene rings is 2. The minimum Gasteiger partial charge on any atom is -0.481 e. The number of alkyl carbamates (subject to hydrolysis) is 1. The fourth-order valence-electron chi connectivity index (χ4n) is 6.58. The van der Waals surface area contributed by atoms with Crippen LogP contribution in [0.2, 0.25) is 0 Å². The fourth-order valence-corrected chi connectivity index (χ4v) is 6.58. The maximum absolute atomic E-state index is 13.4. The summed E-state index contributed by atoms with van der Waals surface area (Å²) in [6.07, 6.45) is 0.242. The van der Waals surface area contributed by atoms with E-state index in [1.165, 1.54) is 9.80 Å². The first-order valence-corrected chi connectivity index (χ1v) is 12.3. The number of nitrogens with one attached hydrogen (secondary N) is 1. The van der Waals surface area contributed by atoms with Gasteiger partial charge in [-0.15, -0.1) is 0 Å². The van der Waals surface area contributed by atoms with Crippen molar-refractivity contribution in [2.75, 3.05) is 19.7 Å². The highest BCUT2D eigenvalue weighted by atomic mass is 16.5. The lowest BCUT2D eigenvalue weighted by Crippen LogP contribution is -2.68. The quantitative estimate of drug-likeness (QED) is 0.666. The van der Waals surface area contributed by atoms with E-state index >= 15 is 0 Å². The van der Waals surface area contributed by atoms with Gasteiger partial charge in [-0.2, -0.15) is 0 Å². The summed E-state index contributed by atoms with van der Waals surface area (Å²) in [5.41, 5.74) is 3.21. The number of carboxylic acid groups (broad SMARTS) is 1. The Labute approximate surface area is 208 Å². The van der Waals surface area contributed by atoms with Crippen molar-refractivity contribution in [1.82, 2.24) is 15.1 Å². The molecule has 2 aromatic carbocycles. The van der Waals surface area contributed by atoms with Crippen molar-refractivity contribution in [3.63, 3.8) is 0 Å². The first-order chi connectivity index (χ1) is 17.4. The zero-order valence-corrected chi connectivity index (χ0v) is 19.7. The van der Waals surface area contributed by atoms with Gasteiger partial charge in [-0.25, -0.2) is 4.79 Å². The molecule has 9 heteroatoms. The minimum atomic E-state index is -1.31. The van der Waals surface area contributed by atoms with E-state index in [-0.39, 0.29) is 37.3 Å². The maximum atomic E-state index is 13.4. The second kappa shape index (κ2) is 8.36. The van der Waals surface area contributed by atoms with E-state index in [0.29, 0.717) is 19.4 Å². The van der Waals surface area contributed by atoms with Crippen LogP contribution in [-0.2, 0) is 19.1 Å². The van der Waals surface area contributed by atoms with E-state index in [0.717, 1.165) is 22.3 Å². The number of ether oxygens (including phenoxy) is 1. The first kappa shape index (κ1) is 22.6. The number of piperazine rings is 1. The van der Waals surface area contributed by atoms with Gasteiger partial charge in [0.05, 0.1) is 12.5 Å². The molecule has 0 spiro atoms.